The van der Waals surface area contributed by atoms with Crippen molar-refractivity contribution in [3.05, 3.63) is 164 Å². The number of hydrogen-bond donors (Lipinski definition) is 0. The fourth-order valence-electron chi connectivity index (χ4n) is 7.73. The molecule has 0 bridgehead atoms. The molecule has 0 amide bonds. The third-order valence-electron chi connectivity index (χ3n) is 10.1. The van der Waals surface area contributed by atoms with Crippen LogP contribution in [0.25, 0.3) is 109 Å². The SMILES string of the molecule is c1ccc(-c2nc(-c3cc4ccccc4c4ccccc34)nc(-c3cccc4oc5ccc(-c6cccc7c6sc6ccccc67)cc5c34)n2)cc1. The summed E-state index contributed by atoms with van der Waals surface area (Å²) in [4.78, 5) is 15.6. The lowest BCUT2D eigenvalue weighted by atomic mass is 9.96. The van der Waals surface area contributed by atoms with Crippen LogP contribution in [0.1, 0.15) is 0 Å². The quantitative estimate of drug-likeness (QED) is 0.174. The molecule has 0 N–H and O–H groups in total. The van der Waals surface area contributed by atoms with Crippen molar-refractivity contribution in [3.63, 3.8) is 0 Å². The van der Waals surface area contributed by atoms with Crippen LogP contribution in [-0.2, 0) is 0 Å². The minimum Gasteiger partial charge on any atom is -0.456 e. The molecule has 3 heterocycles. The third-order valence-corrected chi connectivity index (χ3v) is 11.3. The molecule has 4 nitrogen and oxygen atoms in total. The van der Waals surface area contributed by atoms with Gasteiger partial charge in [0.25, 0.3) is 0 Å². The number of aromatic nitrogens is 3. The molecule has 0 saturated heterocycles. The molecule has 242 valence electrons. The van der Waals surface area contributed by atoms with Crippen LogP contribution in [0.15, 0.2) is 168 Å². The van der Waals surface area contributed by atoms with Crippen molar-refractivity contribution in [3.8, 4) is 45.3 Å². The second kappa shape index (κ2) is 11.4. The molecule has 11 rings (SSSR count). The van der Waals surface area contributed by atoms with Crippen molar-refractivity contribution in [2.45, 2.75) is 0 Å². The Hall–Kier alpha value is -6.69. The van der Waals surface area contributed by atoms with Gasteiger partial charge in [-0.05, 0) is 63.0 Å². The average Bonchev–Trinajstić information content (AvgIpc) is 3.79. The van der Waals surface area contributed by atoms with E-state index in [0.717, 1.165) is 55.0 Å². The maximum atomic E-state index is 6.51. The van der Waals surface area contributed by atoms with Crippen molar-refractivity contribution in [2.75, 3.05) is 0 Å². The highest BCUT2D eigenvalue weighted by Gasteiger charge is 2.20. The van der Waals surface area contributed by atoms with Crippen LogP contribution in [-0.4, -0.2) is 15.0 Å². The van der Waals surface area contributed by atoms with Gasteiger partial charge in [-0.2, -0.15) is 0 Å². The van der Waals surface area contributed by atoms with Gasteiger partial charge in [0, 0.05) is 47.6 Å². The lowest BCUT2D eigenvalue weighted by Crippen LogP contribution is -2.01. The number of hydrogen-bond acceptors (Lipinski definition) is 5. The molecule has 0 aliphatic carbocycles. The molecule has 5 heteroatoms. The van der Waals surface area contributed by atoms with Gasteiger partial charge < -0.3 is 4.42 Å². The van der Waals surface area contributed by atoms with E-state index in [-0.39, 0.29) is 0 Å². The van der Waals surface area contributed by atoms with Crippen molar-refractivity contribution < 1.29 is 4.42 Å². The molecular formula is C47H27N3OS. The van der Waals surface area contributed by atoms with Gasteiger partial charge in [0.15, 0.2) is 17.5 Å². The molecule has 0 unspecified atom stereocenters. The first-order chi connectivity index (χ1) is 25.8. The first-order valence-electron chi connectivity index (χ1n) is 17.4. The lowest BCUT2D eigenvalue weighted by Gasteiger charge is -2.13. The molecule has 0 fully saturated rings. The summed E-state index contributed by atoms with van der Waals surface area (Å²) in [5.41, 5.74) is 6.78. The van der Waals surface area contributed by atoms with Crippen LogP contribution in [0.3, 0.4) is 0 Å². The topological polar surface area (TPSA) is 51.8 Å². The minimum absolute atomic E-state index is 0.603. The van der Waals surface area contributed by atoms with Crippen LogP contribution < -0.4 is 0 Å². The van der Waals surface area contributed by atoms with Crippen molar-refractivity contribution in [1.82, 2.24) is 15.0 Å². The number of fused-ring (bicyclic) bond motifs is 9. The minimum atomic E-state index is 0.603. The summed E-state index contributed by atoms with van der Waals surface area (Å²) in [6.45, 7) is 0. The van der Waals surface area contributed by atoms with E-state index in [1.807, 2.05) is 41.7 Å². The Bertz CT molecular complexity index is 3200. The standard InChI is InChI=1S/C47H27N3OS/c1-2-12-28(13-3-1)45-48-46(50-47(49-45)38-26-29-14-4-5-15-31(29)33-16-6-7-17-34(33)38)37-21-11-22-41-43(37)39-27-30(24-25-40(39)51-41)32-19-10-20-36-35-18-8-9-23-42(35)52-44(32)36/h1-27H. The van der Waals surface area contributed by atoms with E-state index in [0.29, 0.717) is 17.5 Å². The summed E-state index contributed by atoms with van der Waals surface area (Å²) in [6, 6.07) is 57.3. The number of furan rings is 1. The maximum Gasteiger partial charge on any atom is 0.164 e. The van der Waals surface area contributed by atoms with Gasteiger partial charge in [-0.15, -0.1) is 11.3 Å². The molecule has 8 aromatic carbocycles. The van der Waals surface area contributed by atoms with E-state index in [4.69, 9.17) is 19.4 Å². The molecule has 0 aliphatic rings. The Kier molecular flexibility index (Phi) is 6.39. The number of thiophene rings is 1. The third kappa shape index (κ3) is 4.50. The van der Waals surface area contributed by atoms with Crippen LogP contribution in [0, 0.1) is 0 Å². The molecular weight excluding hydrogens is 655 g/mol. The van der Waals surface area contributed by atoms with Gasteiger partial charge >= 0.3 is 0 Å². The van der Waals surface area contributed by atoms with Crippen LogP contribution in [0.5, 0.6) is 0 Å². The highest BCUT2D eigenvalue weighted by Crippen LogP contribution is 2.43. The largest absolute Gasteiger partial charge is 0.456 e. The Morgan fingerprint density at radius 1 is 0.385 bits per heavy atom. The Morgan fingerprint density at radius 3 is 1.94 bits per heavy atom. The van der Waals surface area contributed by atoms with E-state index in [1.165, 1.54) is 36.5 Å². The Labute approximate surface area is 302 Å². The van der Waals surface area contributed by atoms with Gasteiger partial charge in [-0.1, -0.05) is 133 Å². The van der Waals surface area contributed by atoms with Crippen LogP contribution >= 0.6 is 11.3 Å². The zero-order chi connectivity index (χ0) is 34.2. The molecule has 0 atom stereocenters. The van der Waals surface area contributed by atoms with E-state index >= 15 is 0 Å². The molecule has 11 aromatic rings. The summed E-state index contributed by atoms with van der Waals surface area (Å²) in [5, 5.41) is 9.21. The Balaban J connectivity index is 1.16. The number of benzene rings is 8. The fraction of sp³-hybridized carbons (Fsp3) is 0. The van der Waals surface area contributed by atoms with Crippen molar-refractivity contribution in [2.24, 2.45) is 0 Å². The number of nitrogens with zero attached hydrogens (tertiary/aromatic N) is 3. The highest BCUT2D eigenvalue weighted by atomic mass is 32.1. The zero-order valence-corrected chi connectivity index (χ0v) is 28.6. The van der Waals surface area contributed by atoms with E-state index < -0.39 is 0 Å². The lowest BCUT2D eigenvalue weighted by molar-refractivity contribution is 0.669. The van der Waals surface area contributed by atoms with Crippen LogP contribution in [0.2, 0.25) is 0 Å². The molecule has 0 radical (unpaired) electrons. The second-order valence-corrected chi connectivity index (χ2v) is 14.2. The summed E-state index contributed by atoms with van der Waals surface area (Å²) in [7, 11) is 0. The first kappa shape index (κ1) is 29.1. The Morgan fingerprint density at radius 2 is 1.06 bits per heavy atom. The van der Waals surface area contributed by atoms with Crippen molar-refractivity contribution in [1.29, 1.82) is 0 Å². The van der Waals surface area contributed by atoms with Gasteiger partial charge in [0.05, 0.1) is 0 Å². The predicted molar refractivity (Wildman–Crippen MR) is 217 cm³/mol. The van der Waals surface area contributed by atoms with E-state index in [1.54, 1.807) is 0 Å². The molecule has 3 aromatic heterocycles. The molecule has 0 saturated carbocycles. The fourth-order valence-corrected chi connectivity index (χ4v) is 8.97. The normalized spacial score (nSPS) is 11.8. The van der Waals surface area contributed by atoms with Gasteiger partial charge in [0.1, 0.15) is 11.2 Å². The zero-order valence-electron chi connectivity index (χ0n) is 27.7. The van der Waals surface area contributed by atoms with Gasteiger partial charge in [0.2, 0.25) is 0 Å². The monoisotopic (exact) mass is 681 g/mol. The number of rotatable bonds is 4. The van der Waals surface area contributed by atoms with Crippen molar-refractivity contribution >= 4 is 75.0 Å². The maximum absolute atomic E-state index is 6.51. The summed E-state index contributed by atoms with van der Waals surface area (Å²) >= 11 is 1.84. The van der Waals surface area contributed by atoms with Gasteiger partial charge in [-0.25, -0.2) is 15.0 Å². The first-order valence-corrected chi connectivity index (χ1v) is 18.2. The second-order valence-electron chi connectivity index (χ2n) is 13.1. The van der Waals surface area contributed by atoms with Crippen LogP contribution in [0.4, 0.5) is 0 Å². The average molecular weight is 682 g/mol. The summed E-state index contributed by atoms with van der Waals surface area (Å²) in [6.07, 6.45) is 0. The summed E-state index contributed by atoms with van der Waals surface area (Å²) in [5.74, 6) is 1.86. The van der Waals surface area contributed by atoms with E-state index in [2.05, 4.69) is 133 Å². The summed E-state index contributed by atoms with van der Waals surface area (Å²) < 4.78 is 9.09. The molecule has 0 spiro atoms. The van der Waals surface area contributed by atoms with E-state index in [9.17, 15) is 0 Å². The smallest absolute Gasteiger partial charge is 0.164 e. The predicted octanol–water partition coefficient (Wildman–Crippen LogP) is 13.1. The molecule has 52 heavy (non-hydrogen) atoms. The van der Waals surface area contributed by atoms with Gasteiger partial charge in [-0.3, -0.25) is 0 Å². The highest BCUT2D eigenvalue weighted by molar-refractivity contribution is 7.26. The molecule has 0 aliphatic heterocycles.